The number of fused-ring (bicyclic) bond motifs is 1. The summed E-state index contributed by atoms with van der Waals surface area (Å²) in [6.07, 6.45) is 2.80. The second-order valence-corrected chi connectivity index (χ2v) is 15.1. The molecule has 11 nitrogen and oxygen atoms in total. The molecule has 2 fully saturated rings. The molecular formula is C27H39Br2NO10. The van der Waals surface area contributed by atoms with Crippen LogP contribution in [0, 0.1) is 17.3 Å². The molecule has 0 aliphatic carbocycles. The normalized spacial score (nSPS) is 23.5. The summed E-state index contributed by atoms with van der Waals surface area (Å²) in [5.41, 5.74) is -1.48. The van der Waals surface area contributed by atoms with Gasteiger partial charge in [0.1, 0.15) is 33.9 Å². The number of likely N-dealkylation sites (tertiary alicyclic amines) is 1. The number of nitrogens with zero attached hydrogens (tertiary/aromatic N) is 1. The Bertz CT molecular complexity index is 970. The number of carbonyl (C=O) groups excluding carboxylic acids is 5. The third-order valence-corrected chi connectivity index (χ3v) is 7.18. The van der Waals surface area contributed by atoms with E-state index in [-0.39, 0.29) is 57.5 Å². The van der Waals surface area contributed by atoms with Crippen molar-refractivity contribution in [1.29, 1.82) is 0 Å². The number of alkyl halides is 2. The van der Waals surface area contributed by atoms with Gasteiger partial charge in [-0.15, -0.1) is 0 Å². The van der Waals surface area contributed by atoms with Crippen molar-refractivity contribution < 1.29 is 47.7 Å². The van der Waals surface area contributed by atoms with Crippen molar-refractivity contribution in [3.63, 3.8) is 0 Å². The minimum Gasteiger partial charge on any atom is -0.463 e. The van der Waals surface area contributed by atoms with Gasteiger partial charge in [0, 0.05) is 0 Å². The Morgan fingerprint density at radius 1 is 0.850 bits per heavy atom. The third-order valence-electron chi connectivity index (χ3n) is 6.53. The predicted molar refractivity (Wildman–Crippen MR) is 151 cm³/mol. The highest BCUT2D eigenvalue weighted by atomic mass is 79.9. The number of imide groups is 1. The molecule has 0 saturated carbocycles. The SMILES string of the molecule is C/C=C\C1OC(C)[C@H]2C(=O)N(CCOCCOC(=O)C(C)(COC(=O)C(C)(C)Br)COC(=O)C(C)(C)Br)C(=O)[C@@H]12. The van der Waals surface area contributed by atoms with Crippen LogP contribution in [-0.2, 0) is 47.7 Å². The fourth-order valence-corrected chi connectivity index (χ4v) is 4.41. The molecule has 2 aliphatic rings. The summed E-state index contributed by atoms with van der Waals surface area (Å²) in [7, 11) is 0. The highest BCUT2D eigenvalue weighted by molar-refractivity contribution is 9.10. The number of ether oxygens (including phenoxy) is 5. The van der Waals surface area contributed by atoms with Crippen LogP contribution in [0.25, 0.3) is 0 Å². The van der Waals surface area contributed by atoms with E-state index in [1.807, 2.05) is 6.92 Å². The van der Waals surface area contributed by atoms with Gasteiger partial charge in [0.15, 0.2) is 0 Å². The number of halogens is 2. The molecule has 0 spiro atoms. The molecule has 2 rings (SSSR count). The number of amides is 2. The van der Waals surface area contributed by atoms with E-state index in [2.05, 4.69) is 31.9 Å². The van der Waals surface area contributed by atoms with E-state index in [4.69, 9.17) is 23.7 Å². The molecule has 0 aromatic heterocycles. The first-order chi connectivity index (χ1) is 18.4. The highest BCUT2D eigenvalue weighted by Gasteiger charge is 2.57. The first-order valence-electron chi connectivity index (χ1n) is 13.0. The number of carbonyl (C=O) groups is 5. The van der Waals surface area contributed by atoms with Crippen LogP contribution in [0.15, 0.2) is 12.2 Å². The lowest BCUT2D eigenvalue weighted by molar-refractivity contribution is -0.172. The van der Waals surface area contributed by atoms with E-state index in [0.29, 0.717) is 0 Å². The number of hydrogen-bond donors (Lipinski definition) is 0. The maximum atomic E-state index is 12.9. The van der Waals surface area contributed by atoms with Gasteiger partial charge in [0.25, 0.3) is 0 Å². The predicted octanol–water partition coefficient (Wildman–Crippen LogP) is 2.95. The molecule has 13 heteroatoms. The van der Waals surface area contributed by atoms with Crippen molar-refractivity contribution in [2.75, 3.05) is 39.6 Å². The van der Waals surface area contributed by atoms with E-state index < -0.39 is 49.9 Å². The Balaban J connectivity index is 1.87. The number of rotatable bonds is 14. The third kappa shape index (κ3) is 8.59. The van der Waals surface area contributed by atoms with Crippen molar-refractivity contribution in [3.8, 4) is 0 Å². The minimum atomic E-state index is -1.48. The number of esters is 3. The van der Waals surface area contributed by atoms with Gasteiger partial charge < -0.3 is 23.7 Å². The zero-order valence-corrected chi connectivity index (χ0v) is 27.2. The first-order valence-corrected chi connectivity index (χ1v) is 14.6. The molecule has 226 valence electrons. The van der Waals surface area contributed by atoms with E-state index in [1.165, 1.54) is 11.8 Å². The standard InChI is InChI=1S/C27H39Br2NO10/c1-8-9-17-19-18(16(2)40-17)20(31)30(21(19)32)10-11-36-12-13-37-24(35)27(7,14-38-22(33)25(3,4)28)15-39-23(34)26(5,6)29/h8-9,16-19H,10-15H2,1-7H3/b9-8-/t16?,17?,18-,19+/m1/s1. The lowest BCUT2D eigenvalue weighted by Crippen LogP contribution is -2.43. The molecule has 0 aromatic carbocycles. The quantitative estimate of drug-likeness (QED) is 0.0666. The second-order valence-electron chi connectivity index (χ2n) is 11.1. The number of hydrogen-bond acceptors (Lipinski definition) is 10. The maximum absolute atomic E-state index is 12.9. The summed E-state index contributed by atoms with van der Waals surface area (Å²) in [4.78, 5) is 64.3. The van der Waals surface area contributed by atoms with E-state index in [0.717, 1.165) is 0 Å². The van der Waals surface area contributed by atoms with Gasteiger partial charge in [-0.05, 0) is 48.5 Å². The van der Waals surface area contributed by atoms with Crippen LogP contribution in [-0.4, -0.2) is 95.1 Å². The molecule has 2 aliphatic heterocycles. The van der Waals surface area contributed by atoms with Crippen LogP contribution >= 0.6 is 31.9 Å². The molecule has 0 radical (unpaired) electrons. The Morgan fingerprint density at radius 2 is 1.38 bits per heavy atom. The molecule has 2 amide bonds. The summed E-state index contributed by atoms with van der Waals surface area (Å²) >= 11 is 6.42. The van der Waals surface area contributed by atoms with Crippen LogP contribution in [0.5, 0.6) is 0 Å². The first kappa shape index (κ1) is 34.4. The largest absolute Gasteiger partial charge is 0.463 e. The van der Waals surface area contributed by atoms with E-state index in [1.54, 1.807) is 46.8 Å². The molecule has 4 atom stereocenters. The molecule has 2 unspecified atom stereocenters. The Labute approximate surface area is 251 Å². The van der Waals surface area contributed by atoms with Gasteiger partial charge in [0.2, 0.25) is 11.8 Å². The second kappa shape index (κ2) is 13.9. The average molecular weight is 697 g/mol. The Kier molecular flexibility index (Phi) is 11.9. The molecule has 2 heterocycles. The van der Waals surface area contributed by atoms with Crippen molar-refractivity contribution in [2.24, 2.45) is 17.3 Å². The van der Waals surface area contributed by atoms with Crippen LogP contribution in [0.2, 0.25) is 0 Å². The zero-order chi connectivity index (χ0) is 30.5. The highest BCUT2D eigenvalue weighted by Crippen LogP contribution is 2.40. The Hall–Kier alpha value is -1.83. The lowest BCUT2D eigenvalue weighted by atomic mass is 9.90. The van der Waals surface area contributed by atoms with Gasteiger partial charge in [-0.3, -0.25) is 28.9 Å². The summed E-state index contributed by atoms with van der Waals surface area (Å²) < 4.78 is 25.2. The number of allylic oxidation sites excluding steroid dienone is 1. The minimum absolute atomic E-state index is 0.00591. The zero-order valence-electron chi connectivity index (χ0n) is 24.0. The summed E-state index contributed by atoms with van der Waals surface area (Å²) in [6.45, 7) is 10.7. The molecule has 40 heavy (non-hydrogen) atoms. The molecule has 0 N–H and O–H groups in total. The fourth-order valence-electron chi connectivity index (χ4n) is 4.18. The summed E-state index contributed by atoms with van der Waals surface area (Å²) in [6, 6.07) is 0. The summed E-state index contributed by atoms with van der Waals surface area (Å²) in [5, 5.41) is 0. The van der Waals surface area contributed by atoms with Crippen LogP contribution in [0.1, 0.15) is 48.5 Å². The van der Waals surface area contributed by atoms with Gasteiger partial charge in [-0.2, -0.15) is 0 Å². The van der Waals surface area contributed by atoms with Crippen LogP contribution in [0.3, 0.4) is 0 Å². The van der Waals surface area contributed by atoms with Gasteiger partial charge in [-0.1, -0.05) is 44.0 Å². The van der Waals surface area contributed by atoms with E-state index in [9.17, 15) is 24.0 Å². The van der Waals surface area contributed by atoms with Gasteiger partial charge in [0.05, 0.1) is 43.8 Å². The maximum Gasteiger partial charge on any atom is 0.322 e. The van der Waals surface area contributed by atoms with Gasteiger partial charge in [-0.25, -0.2) is 0 Å². The van der Waals surface area contributed by atoms with Crippen molar-refractivity contribution in [3.05, 3.63) is 12.2 Å². The molecule has 2 saturated heterocycles. The summed E-state index contributed by atoms with van der Waals surface area (Å²) in [5.74, 6) is -3.56. The van der Waals surface area contributed by atoms with Crippen LogP contribution in [0.4, 0.5) is 0 Å². The molecular weight excluding hydrogens is 658 g/mol. The van der Waals surface area contributed by atoms with E-state index >= 15 is 0 Å². The van der Waals surface area contributed by atoms with Gasteiger partial charge >= 0.3 is 17.9 Å². The average Bonchev–Trinajstić information content (AvgIpc) is 3.31. The van der Waals surface area contributed by atoms with Crippen molar-refractivity contribution >= 4 is 61.6 Å². The molecule has 0 aromatic rings. The smallest absolute Gasteiger partial charge is 0.322 e. The monoisotopic (exact) mass is 695 g/mol. The Morgan fingerprint density at radius 3 is 1.88 bits per heavy atom. The molecule has 0 bridgehead atoms. The topological polar surface area (TPSA) is 135 Å². The van der Waals surface area contributed by atoms with Crippen molar-refractivity contribution in [1.82, 2.24) is 4.90 Å². The fraction of sp³-hybridized carbons (Fsp3) is 0.741. The van der Waals surface area contributed by atoms with Crippen LogP contribution < -0.4 is 0 Å². The van der Waals surface area contributed by atoms with Crippen molar-refractivity contribution in [2.45, 2.75) is 69.3 Å². The lowest BCUT2D eigenvalue weighted by Gasteiger charge is -2.28.